The fraction of sp³-hybridized carbons (Fsp3) is 0.308. The average Bonchev–Trinajstić information content (AvgIpc) is 2.57. The van der Waals surface area contributed by atoms with Crippen molar-refractivity contribution >= 4 is 12.2 Å². The lowest BCUT2D eigenvalue weighted by Crippen LogP contribution is -1.90. The van der Waals surface area contributed by atoms with Crippen molar-refractivity contribution in [3.63, 3.8) is 0 Å². The van der Waals surface area contributed by atoms with Crippen molar-refractivity contribution in [2.75, 3.05) is 0 Å². The number of rotatable bonds is 2. The first-order valence-electron chi connectivity index (χ1n) is 5.37. The molecule has 2 rings (SSSR count). The van der Waals surface area contributed by atoms with Gasteiger partial charge in [-0.05, 0) is 5.92 Å². The summed E-state index contributed by atoms with van der Waals surface area (Å²) in [6.45, 7) is 4.26. The van der Waals surface area contributed by atoms with Crippen molar-refractivity contribution in [2.24, 2.45) is 7.05 Å². The van der Waals surface area contributed by atoms with E-state index in [1.54, 1.807) is 4.74 Å². The van der Waals surface area contributed by atoms with E-state index in [0.717, 1.165) is 21.5 Å². The lowest BCUT2D eigenvalue weighted by molar-refractivity contribution is 0.312. The molecule has 0 unspecified atom stereocenters. The van der Waals surface area contributed by atoms with E-state index >= 15 is 0 Å². The number of benzene rings is 1. The Hall–Kier alpha value is -1.35. The first-order valence-corrected chi connectivity index (χ1v) is 5.77. The van der Waals surface area contributed by atoms with Crippen molar-refractivity contribution in [2.45, 2.75) is 19.8 Å². The maximum atomic E-state index is 5.71. The van der Waals surface area contributed by atoms with E-state index in [4.69, 9.17) is 16.7 Å². The largest absolute Gasteiger partial charge is 0.378 e. The first kappa shape index (κ1) is 11.1. The second kappa shape index (κ2) is 4.26. The SMILES string of the molecule is CC(C)c1c(-c2ccccc2)on(C)c1=S. The molecule has 16 heavy (non-hydrogen) atoms. The Morgan fingerprint density at radius 1 is 1.19 bits per heavy atom. The van der Waals surface area contributed by atoms with Gasteiger partial charge >= 0.3 is 0 Å². The van der Waals surface area contributed by atoms with E-state index in [1.165, 1.54) is 0 Å². The Kier molecular flexibility index (Phi) is 2.97. The molecule has 0 N–H and O–H groups in total. The monoisotopic (exact) mass is 233 g/mol. The van der Waals surface area contributed by atoms with E-state index in [9.17, 15) is 0 Å². The van der Waals surface area contributed by atoms with Crippen molar-refractivity contribution in [1.29, 1.82) is 0 Å². The van der Waals surface area contributed by atoms with Gasteiger partial charge in [-0.1, -0.05) is 56.4 Å². The molecule has 2 aromatic rings. The summed E-state index contributed by atoms with van der Waals surface area (Å²) in [5, 5.41) is 0. The number of hydrogen-bond donors (Lipinski definition) is 0. The summed E-state index contributed by atoms with van der Waals surface area (Å²) in [7, 11) is 1.85. The van der Waals surface area contributed by atoms with Crippen LogP contribution in [0.2, 0.25) is 0 Å². The fourth-order valence-corrected chi connectivity index (χ4v) is 2.17. The number of hydrogen-bond acceptors (Lipinski definition) is 2. The Morgan fingerprint density at radius 2 is 1.81 bits per heavy atom. The molecule has 0 atom stereocenters. The molecule has 1 aromatic heterocycles. The molecule has 1 heterocycles. The van der Waals surface area contributed by atoms with Crippen LogP contribution in [-0.4, -0.2) is 4.74 Å². The second-order valence-electron chi connectivity index (χ2n) is 4.16. The van der Waals surface area contributed by atoms with Gasteiger partial charge in [-0.15, -0.1) is 0 Å². The lowest BCUT2D eigenvalue weighted by Gasteiger charge is -2.03. The molecule has 0 fully saturated rings. The molecule has 0 aliphatic heterocycles. The summed E-state index contributed by atoms with van der Waals surface area (Å²) < 4.78 is 8.15. The van der Waals surface area contributed by atoms with Crippen LogP contribution in [0.25, 0.3) is 11.3 Å². The minimum absolute atomic E-state index is 0.368. The molecule has 84 valence electrons. The summed E-state index contributed by atoms with van der Waals surface area (Å²) in [5.41, 5.74) is 2.20. The number of nitrogens with zero attached hydrogens (tertiary/aromatic N) is 1. The summed E-state index contributed by atoms with van der Waals surface area (Å²) in [4.78, 5) is 0. The Bertz CT molecular complexity index is 537. The molecule has 0 saturated carbocycles. The minimum atomic E-state index is 0.368. The molecule has 0 radical (unpaired) electrons. The molecule has 0 bridgehead atoms. The third kappa shape index (κ3) is 1.83. The van der Waals surface area contributed by atoms with Gasteiger partial charge in [-0.3, -0.25) is 0 Å². The van der Waals surface area contributed by atoms with E-state index in [-0.39, 0.29) is 0 Å². The standard InChI is InChI=1S/C13H15NOS/c1-9(2)11-12(15-14(3)13(11)16)10-7-5-4-6-8-10/h4-9H,1-3H3. The molecular formula is C13H15NOS. The fourth-order valence-electron chi connectivity index (χ4n) is 1.80. The highest BCUT2D eigenvalue weighted by atomic mass is 32.1. The van der Waals surface area contributed by atoms with E-state index < -0.39 is 0 Å². The van der Waals surface area contributed by atoms with Crippen LogP contribution in [0.5, 0.6) is 0 Å². The summed E-state index contributed by atoms with van der Waals surface area (Å²) in [6, 6.07) is 10.1. The van der Waals surface area contributed by atoms with E-state index in [0.29, 0.717) is 5.92 Å². The smallest absolute Gasteiger partial charge is 0.169 e. The molecule has 0 saturated heterocycles. The van der Waals surface area contributed by atoms with Gasteiger partial charge in [0, 0.05) is 18.2 Å². The topological polar surface area (TPSA) is 18.1 Å². The second-order valence-corrected chi connectivity index (χ2v) is 4.54. The average molecular weight is 233 g/mol. The van der Waals surface area contributed by atoms with Crippen LogP contribution in [0.4, 0.5) is 0 Å². The van der Waals surface area contributed by atoms with E-state index in [2.05, 4.69) is 13.8 Å². The van der Waals surface area contributed by atoms with Crippen LogP contribution in [0.15, 0.2) is 34.9 Å². The zero-order chi connectivity index (χ0) is 11.7. The first-order chi connectivity index (χ1) is 7.61. The molecule has 0 spiro atoms. The molecule has 3 heteroatoms. The highest BCUT2D eigenvalue weighted by molar-refractivity contribution is 7.71. The Balaban J connectivity index is 2.67. The molecule has 0 aliphatic carbocycles. The normalized spacial score (nSPS) is 11.0. The predicted octanol–water partition coefficient (Wildman–Crippen LogP) is 4.14. The maximum Gasteiger partial charge on any atom is 0.169 e. The predicted molar refractivity (Wildman–Crippen MR) is 68.0 cm³/mol. The van der Waals surface area contributed by atoms with Gasteiger partial charge in [0.15, 0.2) is 5.76 Å². The van der Waals surface area contributed by atoms with Gasteiger partial charge in [-0.25, -0.2) is 4.74 Å². The zero-order valence-corrected chi connectivity index (χ0v) is 10.5. The van der Waals surface area contributed by atoms with Gasteiger partial charge in [0.1, 0.15) is 4.64 Å². The van der Waals surface area contributed by atoms with Gasteiger partial charge in [0.2, 0.25) is 0 Å². The van der Waals surface area contributed by atoms with Crippen LogP contribution in [0.3, 0.4) is 0 Å². The molecule has 0 aliphatic rings. The van der Waals surface area contributed by atoms with Gasteiger partial charge in [-0.2, -0.15) is 0 Å². The van der Waals surface area contributed by atoms with Gasteiger partial charge in [0.25, 0.3) is 0 Å². The van der Waals surface area contributed by atoms with Crippen molar-refractivity contribution in [1.82, 2.24) is 4.74 Å². The van der Waals surface area contributed by atoms with Gasteiger partial charge < -0.3 is 4.52 Å². The third-order valence-electron chi connectivity index (χ3n) is 2.60. The molecule has 1 aromatic carbocycles. The van der Waals surface area contributed by atoms with Crippen LogP contribution < -0.4 is 0 Å². The summed E-state index contributed by atoms with van der Waals surface area (Å²) >= 11 is 5.36. The lowest BCUT2D eigenvalue weighted by atomic mass is 10.0. The molecule has 0 amide bonds. The van der Waals surface area contributed by atoms with Crippen LogP contribution in [-0.2, 0) is 7.05 Å². The Labute approximate surface area is 100 Å². The summed E-state index contributed by atoms with van der Waals surface area (Å²) in [5.74, 6) is 1.26. The quantitative estimate of drug-likeness (QED) is 0.726. The third-order valence-corrected chi connectivity index (χ3v) is 3.08. The zero-order valence-electron chi connectivity index (χ0n) is 9.73. The van der Waals surface area contributed by atoms with Crippen molar-refractivity contribution in [3.8, 4) is 11.3 Å². The highest BCUT2D eigenvalue weighted by Gasteiger charge is 2.16. The van der Waals surface area contributed by atoms with Crippen molar-refractivity contribution in [3.05, 3.63) is 40.5 Å². The van der Waals surface area contributed by atoms with Crippen LogP contribution in [0.1, 0.15) is 25.3 Å². The molecule has 2 nitrogen and oxygen atoms in total. The number of aromatic nitrogens is 1. The molecular weight excluding hydrogens is 218 g/mol. The Morgan fingerprint density at radius 3 is 2.38 bits per heavy atom. The van der Waals surface area contributed by atoms with Crippen LogP contribution in [0, 0.1) is 4.64 Å². The maximum absolute atomic E-state index is 5.71. The van der Waals surface area contributed by atoms with Crippen LogP contribution >= 0.6 is 12.2 Å². The number of aryl methyl sites for hydroxylation is 1. The van der Waals surface area contributed by atoms with Gasteiger partial charge in [0.05, 0.1) is 0 Å². The summed E-state index contributed by atoms with van der Waals surface area (Å²) in [6.07, 6.45) is 0. The highest BCUT2D eigenvalue weighted by Crippen LogP contribution is 2.30. The van der Waals surface area contributed by atoms with E-state index in [1.807, 2.05) is 37.4 Å². The van der Waals surface area contributed by atoms with Crippen molar-refractivity contribution < 1.29 is 4.52 Å². The minimum Gasteiger partial charge on any atom is -0.378 e.